The molecule has 0 unspecified atom stereocenters. The van der Waals surface area contributed by atoms with Crippen molar-refractivity contribution in [2.24, 2.45) is 7.05 Å². The van der Waals surface area contributed by atoms with Gasteiger partial charge in [-0.3, -0.25) is 19.7 Å². The van der Waals surface area contributed by atoms with E-state index in [1.54, 1.807) is 23.3 Å². The molecule has 0 spiro atoms. The minimum absolute atomic E-state index is 0.0981. The van der Waals surface area contributed by atoms with E-state index in [1.165, 1.54) is 0 Å². The molecule has 0 aliphatic heterocycles. The van der Waals surface area contributed by atoms with Gasteiger partial charge in [0, 0.05) is 36.0 Å². The highest BCUT2D eigenvalue weighted by Crippen LogP contribution is 2.36. The van der Waals surface area contributed by atoms with E-state index < -0.39 is 0 Å². The standard InChI is InChI=1S/C19H21N7/c1-11-7-21-15(9-20-11)13-6-14(12-8-22-26(5)10-12)23-18-16(13)17(24-25-18)19(2,3)4/h6-10H,1-5H3,(H,23,24,25). The number of hydrogen-bond acceptors (Lipinski definition) is 5. The molecule has 0 bridgehead atoms. The quantitative estimate of drug-likeness (QED) is 0.600. The van der Waals surface area contributed by atoms with Crippen molar-refractivity contribution in [1.29, 1.82) is 0 Å². The van der Waals surface area contributed by atoms with Gasteiger partial charge in [0.05, 0.1) is 40.6 Å². The second-order valence-corrected chi connectivity index (χ2v) is 7.55. The topological polar surface area (TPSA) is 85.2 Å². The molecule has 0 amide bonds. The third-order valence-electron chi connectivity index (χ3n) is 4.33. The lowest BCUT2D eigenvalue weighted by atomic mass is 9.88. The van der Waals surface area contributed by atoms with Crippen LogP contribution in [0.5, 0.6) is 0 Å². The van der Waals surface area contributed by atoms with Crippen LogP contribution in [0.15, 0.2) is 30.9 Å². The first-order valence-corrected chi connectivity index (χ1v) is 8.50. The van der Waals surface area contributed by atoms with Crippen molar-refractivity contribution in [1.82, 2.24) is 34.9 Å². The Balaban J connectivity index is 2.03. The molecule has 7 heteroatoms. The largest absolute Gasteiger partial charge is 0.279 e. The fraction of sp³-hybridized carbons (Fsp3) is 0.316. The highest BCUT2D eigenvalue weighted by Gasteiger charge is 2.24. The summed E-state index contributed by atoms with van der Waals surface area (Å²) < 4.78 is 1.76. The molecular formula is C19H21N7. The van der Waals surface area contributed by atoms with Crippen molar-refractivity contribution >= 4 is 11.0 Å². The summed E-state index contributed by atoms with van der Waals surface area (Å²) in [6.45, 7) is 8.39. The highest BCUT2D eigenvalue weighted by atomic mass is 15.2. The molecule has 4 aromatic rings. The lowest BCUT2D eigenvalue weighted by molar-refractivity contribution is 0.571. The average Bonchev–Trinajstić information content (AvgIpc) is 3.20. The Kier molecular flexibility index (Phi) is 3.61. The number of rotatable bonds is 2. The molecule has 0 atom stereocenters. The zero-order valence-corrected chi connectivity index (χ0v) is 15.6. The van der Waals surface area contributed by atoms with Crippen LogP contribution in [0.25, 0.3) is 33.5 Å². The van der Waals surface area contributed by atoms with Gasteiger partial charge in [0.15, 0.2) is 5.65 Å². The van der Waals surface area contributed by atoms with E-state index in [4.69, 9.17) is 4.98 Å². The van der Waals surface area contributed by atoms with Gasteiger partial charge in [0.1, 0.15) is 0 Å². The molecule has 4 aromatic heterocycles. The van der Waals surface area contributed by atoms with Crippen LogP contribution in [0.4, 0.5) is 0 Å². The fourth-order valence-corrected chi connectivity index (χ4v) is 3.00. The van der Waals surface area contributed by atoms with E-state index in [9.17, 15) is 0 Å². The Morgan fingerprint density at radius 3 is 2.46 bits per heavy atom. The summed E-state index contributed by atoms with van der Waals surface area (Å²) in [5.74, 6) is 0. The van der Waals surface area contributed by atoms with Crippen molar-refractivity contribution < 1.29 is 0 Å². The van der Waals surface area contributed by atoms with Crippen LogP contribution in [0, 0.1) is 6.92 Å². The Bertz CT molecular complexity index is 1080. The summed E-state index contributed by atoms with van der Waals surface area (Å²) in [7, 11) is 1.89. The van der Waals surface area contributed by atoms with Crippen molar-refractivity contribution in [2.45, 2.75) is 33.1 Å². The van der Waals surface area contributed by atoms with Crippen LogP contribution < -0.4 is 0 Å². The van der Waals surface area contributed by atoms with Crippen LogP contribution in [-0.2, 0) is 12.5 Å². The van der Waals surface area contributed by atoms with Gasteiger partial charge in [0.25, 0.3) is 0 Å². The summed E-state index contributed by atoms with van der Waals surface area (Å²) in [5, 5.41) is 12.9. The molecule has 0 aliphatic rings. The maximum atomic E-state index is 4.75. The Labute approximate surface area is 151 Å². The summed E-state index contributed by atoms with van der Waals surface area (Å²) in [6.07, 6.45) is 7.32. The fourth-order valence-electron chi connectivity index (χ4n) is 3.00. The van der Waals surface area contributed by atoms with E-state index in [0.717, 1.165) is 39.3 Å². The highest BCUT2D eigenvalue weighted by molar-refractivity contribution is 5.96. The van der Waals surface area contributed by atoms with E-state index in [0.29, 0.717) is 5.65 Å². The minimum atomic E-state index is -0.0981. The van der Waals surface area contributed by atoms with Gasteiger partial charge in [-0.2, -0.15) is 10.2 Å². The molecule has 7 nitrogen and oxygen atoms in total. The Morgan fingerprint density at radius 1 is 1.04 bits per heavy atom. The first-order valence-electron chi connectivity index (χ1n) is 8.50. The number of hydrogen-bond donors (Lipinski definition) is 1. The van der Waals surface area contributed by atoms with Crippen molar-refractivity contribution in [3.05, 3.63) is 42.2 Å². The molecule has 4 rings (SSSR count). The Hall–Kier alpha value is -3.09. The van der Waals surface area contributed by atoms with Crippen LogP contribution >= 0.6 is 0 Å². The molecule has 0 radical (unpaired) electrons. The van der Waals surface area contributed by atoms with Gasteiger partial charge < -0.3 is 0 Å². The van der Waals surface area contributed by atoms with Crippen molar-refractivity contribution in [3.8, 4) is 22.5 Å². The number of H-pyrrole nitrogens is 1. The molecule has 4 heterocycles. The van der Waals surface area contributed by atoms with Crippen LogP contribution in [0.3, 0.4) is 0 Å². The predicted molar refractivity (Wildman–Crippen MR) is 101 cm³/mol. The second kappa shape index (κ2) is 5.72. The van der Waals surface area contributed by atoms with Gasteiger partial charge in [-0.1, -0.05) is 20.8 Å². The third-order valence-corrected chi connectivity index (χ3v) is 4.33. The molecule has 0 fully saturated rings. The average molecular weight is 347 g/mol. The first-order chi connectivity index (χ1) is 12.3. The van der Waals surface area contributed by atoms with Crippen LogP contribution in [0.2, 0.25) is 0 Å². The monoisotopic (exact) mass is 347 g/mol. The lowest BCUT2D eigenvalue weighted by Gasteiger charge is -2.18. The van der Waals surface area contributed by atoms with Crippen molar-refractivity contribution in [3.63, 3.8) is 0 Å². The number of nitrogens with one attached hydrogen (secondary N) is 1. The van der Waals surface area contributed by atoms with E-state index in [1.807, 2.05) is 26.2 Å². The molecule has 0 aliphatic carbocycles. The molecular weight excluding hydrogens is 326 g/mol. The normalized spacial score (nSPS) is 12.0. The van der Waals surface area contributed by atoms with Gasteiger partial charge in [-0.15, -0.1) is 0 Å². The van der Waals surface area contributed by atoms with Gasteiger partial charge in [-0.05, 0) is 13.0 Å². The molecule has 132 valence electrons. The second-order valence-electron chi connectivity index (χ2n) is 7.55. The number of pyridine rings is 1. The summed E-state index contributed by atoms with van der Waals surface area (Å²) >= 11 is 0. The van der Waals surface area contributed by atoms with Gasteiger partial charge in [-0.25, -0.2) is 4.98 Å². The number of aromatic amines is 1. The molecule has 0 aromatic carbocycles. The number of aromatic nitrogens is 7. The number of nitrogens with zero attached hydrogens (tertiary/aromatic N) is 6. The lowest BCUT2D eigenvalue weighted by Crippen LogP contribution is -2.12. The molecule has 1 N–H and O–H groups in total. The molecule has 26 heavy (non-hydrogen) atoms. The maximum Gasteiger partial charge on any atom is 0.182 e. The van der Waals surface area contributed by atoms with Crippen LogP contribution in [-0.4, -0.2) is 34.9 Å². The summed E-state index contributed by atoms with van der Waals surface area (Å²) in [5.41, 5.74) is 6.03. The van der Waals surface area contributed by atoms with Crippen LogP contribution in [0.1, 0.15) is 32.2 Å². The third kappa shape index (κ3) is 2.75. The zero-order valence-electron chi connectivity index (χ0n) is 15.6. The van der Waals surface area contributed by atoms with E-state index in [-0.39, 0.29) is 5.41 Å². The minimum Gasteiger partial charge on any atom is -0.279 e. The summed E-state index contributed by atoms with van der Waals surface area (Å²) in [4.78, 5) is 13.8. The molecule has 0 saturated heterocycles. The van der Waals surface area contributed by atoms with E-state index in [2.05, 4.69) is 46.0 Å². The molecule has 0 saturated carbocycles. The number of aryl methyl sites for hydroxylation is 2. The van der Waals surface area contributed by atoms with E-state index >= 15 is 0 Å². The zero-order chi connectivity index (χ0) is 18.5. The maximum absolute atomic E-state index is 4.75. The van der Waals surface area contributed by atoms with Gasteiger partial charge >= 0.3 is 0 Å². The number of fused-ring (bicyclic) bond motifs is 1. The Morgan fingerprint density at radius 2 is 1.85 bits per heavy atom. The van der Waals surface area contributed by atoms with Gasteiger partial charge in [0.2, 0.25) is 0 Å². The SMILES string of the molecule is Cc1cnc(-c2cc(-c3cnn(C)c3)nc3n[nH]c(C(C)(C)C)c23)cn1. The predicted octanol–water partition coefficient (Wildman–Crippen LogP) is 3.42. The first kappa shape index (κ1) is 16.4. The van der Waals surface area contributed by atoms with Crippen molar-refractivity contribution in [2.75, 3.05) is 0 Å². The summed E-state index contributed by atoms with van der Waals surface area (Å²) in [6, 6.07) is 2.05. The smallest absolute Gasteiger partial charge is 0.182 e.